The van der Waals surface area contributed by atoms with E-state index < -0.39 is 6.10 Å². The van der Waals surface area contributed by atoms with Gasteiger partial charge in [0, 0.05) is 5.56 Å². The number of carbonyl (C=O) groups excluding carboxylic acids is 1. The van der Waals surface area contributed by atoms with Gasteiger partial charge in [-0.2, -0.15) is 4.98 Å². The molecule has 0 saturated heterocycles. The fourth-order valence-corrected chi connectivity index (χ4v) is 2.65. The maximum Gasteiger partial charge on any atom is 0.261 e. The summed E-state index contributed by atoms with van der Waals surface area (Å²) in [7, 11) is 3.16. The summed E-state index contributed by atoms with van der Waals surface area (Å²) in [5, 5.41) is 6.72. The number of rotatable bonds is 9. The molecule has 0 fully saturated rings. The maximum atomic E-state index is 12.5. The van der Waals surface area contributed by atoms with Crippen LogP contribution in [0.15, 0.2) is 53.1 Å². The lowest BCUT2D eigenvalue weighted by molar-refractivity contribution is -0.128. The van der Waals surface area contributed by atoms with Gasteiger partial charge in [-0.3, -0.25) is 4.79 Å². The van der Waals surface area contributed by atoms with E-state index in [0.717, 1.165) is 11.3 Å². The van der Waals surface area contributed by atoms with Gasteiger partial charge in [-0.1, -0.05) is 24.2 Å². The number of amides is 1. The second kappa shape index (κ2) is 9.59. The minimum Gasteiger partial charge on any atom is -0.497 e. The van der Waals surface area contributed by atoms with Gasteiger partial charge < -0.3 is 24.1 Å². The molecule has 1 heterocycles. The van der Waals surface area contributed by atoms with Gasteiger partial charge >= 0.3 is 0 Å². The molecule has 29 heavy (non-hydrogen) atoms. The van der Waals surface area contributed by atoms with Crippen molar-refractivity contribution in [3.63, 3.8) is 0 Å². The van der Waals surface area contributed by atoms with Crippen LogP contribution in [0.1, 0.15) is 19.2 Å². The Labute approximate surface area is 168 Å². The van der Waals surface area contributed by atoms with Crippen LogP contribution >= 0.6 is 0 Å². The topological polar surface area (TPSA) is 95.7 Å². The average Bonchev–Trinajstić information content (AvgIpc) is 3.25. The molecule has 3 aromatic rings. The summed E-state index contributed by atoms with van der Waals surface area (Å²) >= 11 is 0. The number of hydrogen-bond donors (Lipinski definition) is 1. The van der Waals surface area contributed by atoms with Crippen LogP contribution in [0.3, 0.4) is 0 Å². The van der Waals surface area contributed by atoms with Crippen LogP contribution in [0.5, 0.6) is 17.2 Å². The summed E-state index contributed by atoms with van der Waals surface area (Å²) in [5.41, 5.74) is 0.790. The lowest BCUT2D eigenvalue weighted by Gasteiger charge is -2.18. The zero-order valence-electron chi connectivity index (χ0n) is 16.5. The van der Waals surface area contributed by atoms with Gasteiger partial charge in [-0.15, -0.1) is 0 Å². The number of ether oxygens (including phenoxy) is 3. The first-order valence-electron chi connectivity index (χ1n) is 9.19. The molecular formula is C21H23N3O5. The Balaban J connectivity index is 1.59. The Morgan fingerprint density at radius 3 is 2.45 bits per heavy atom. The molecule has 0 unspecified atom stereocenters. The SMILES string of the molecule is CC[C@H](Oc1ccccc1OC)C(=O)NCc1nc(-c2ccc(OC)cc2)no1. The number of benzene rings is 2. The molecule has 8 nitrogen and oxygen atoms in total. The van der Waals surface area contributed by atoms with E-state index in [0.29, 0.717) is 29.6 Å². The van der Waals surface area contributed by atoms with E-state index in [9.17, 15) is 4.79 Å². The normalized spacial score (nSPS) is 11.6. The monoisotopic (exact) mass is 397 g/mol. The van der Waals surface area contributed by atoms with Crippen molar-refractivity contribution in [2.45, 2.75) is 26.0 Å². The van der Waals surface area contributed by atoms with Crippen molar-refractivity contribution in [2.24, 2.45) is 0 Å². The lowest BCUT2D eigenvalue weighted by atomic mass is 10.2. The largest absolute Gasteiger partial charge is 0.497 e. The number of methoxy groups -OCH3 is 2. The third kappa shape index (κ3) is 5.04. The second-order valence-electron chi connectivity index (χ2n) is 6.12. The molecule has 1 N–H and O–H groups in total. The fraction of sp³-hybridized carbons (Fsp3) is 0.286. The third-order valence-electron chi connectivity index (χ3n) is 4.23. The van der Waals surface area contributed by atoms with Crippen molar-refractivity contribution >= 4 is 5.91 Å². The van der Waals surface area contributed by atoms with Crippen LogP contribution in [-0.2, 0) is 11.3 Å². The number of nitrogens with zero attached hydrogens (tertiary/aromatic N) is 2. The Hall–Kier alpha value is -3.55. The number of aromatic nitrogens is 2. The molecule has 8 heteroatoms. The minimum absolute atomic E-state index is 0.105. The number of carbonyl (C=O) groups is 1. The Kier molecular flexibility index (Phi) is 6.67. The highest BCUT2D eigenvalue weighted by atomic mass is 16.5. The van der Waals surface area contributed by atoms with Crippen molar-refractivity contribution in [3.8, 4) is 28.6 Å². The Morgan fingerprint density at radius 2 is 1.79 bits per heavy atom. The molecule has 0 aliphatic rings. The van der Waals surface area contributed by atoms with Crippen LogP contribution in [-0.4, -0.2) is 36.4 Å². The predicted molar refractivity (Wildman–Crippen MR) is 106 cm³/mol. The first kappa shape index (κ1) is 20.2. The average molecular weight is 397 g/mol. The standard InChI is InChI=1S/C21H23N3O5/c1-4-16(28-18-8-6-5-7-17(18)27-3)21(25)22-13-19-23-20(24-29-19)14-9-11-15(26-2)12-10-14/h5-12,16H,4,13H2,1-3H3,(H,22,25)/t16-/m0/s1. The highest BCUT2D eigenvalue weighted by Crippen LogP contribution is 2.27. The molecule has 3 rings (SSSR count). The molecule has 0 bridgehead atoms. The number of para-hydroxylation sites is 2. The van der Waals surface area contributed by atoms with Crippen LogP contribution in [0.2, 0.25) is 0 Å². The predicted octanol–water partition coefficient (Wildman–Crippen LogP) is 3.23. The summed E-state index contributed by atoms with van der Waals surface area (Å²) in [6, 6.07) is 14.5. The number of hydrogen-bond acceptors (Lipinski definition) is 7. The molecule has 1 atom stereocenters. The van der Waals surface area contributed by atoms with Crippen molar-refractivity contribution in [1.82, 2.24) is 15.5 Å². The molecule has 0 radical (unpaired) electrons. The van der Waals surface area contributed by atoms with E-state index in [4.69, 9.17) is 18.7 Å². The van der Waals surface area contributed by atoms with Crippen molar-refractivity contribution in [1.29, 1.82) is 0 Å². The smallest absolute Gasteiger partial charge is 0.261 e. The molecule has 1 aromatic heterocycles. The van der Waals surface area contributed by atoms with Crippen molar-refractivity contribution < 1.29 is 23.5 Å². The Morgan fingerprint density at radius 1 is 1.07 bits per heavy atom. The Bertz CT molecular complexity index is 939. The van der Waals surface area contributed by atoms with Gasteiger partial charge in [0.25, 0.3) is 5.91 Å². The van der Waals surface area contributed by atoms with Gasteiger partial charge in [0.1, 0.15) is 5.75 Å². The van der Waals surface area contributed by atoms with Crippen LogP contribution < -0.4 is 19.5 Å². The summed E-state index contributed by atoms with van der Waals surface area (Å²) in [6.07, 6.45) is -0.180. The van der Waals surface area contributed by atoms with E-state index >= 15 is 0 Å². The highest BCUT2D eigenvalue weighted by molar-refractivity contribution is 5.81. The maximum absolute atomic E-state index is 12.5. The summed E-state index contributed by atoms with van der Waals surface area (Å²) < 4.78 is 21.4. The van der Waals surface area contributed by atoms with E-state index in [-0.39, 0.29) is 12.5 Å². The molecule has 0 saturated carbocycles. The molecule has 152 valence electrons. The first-order valence-corrected chi connectivity index (χ1v) is 9.19. The van der Waals surface area contributed by atoms with Crippen molar-refractivity contribution in [2.75, 3.05) is 14.2 Å². The summed E-state index contributed by atoms with van der Waals surface area (Å²) in [6.45, 7) is 1.97. The fourth-order valence-electron chi connectivity index (χ4n) is 2.65. The van der Waals surface area contributed by atoms with Gasteiger partial charge in [-0.05, 0) is 42.8 Å². The molecule has 2 aromatic carbocycles. The molecular weight excluding hydrogens is 374 g/mol. The van der Waals surface area contributed by atoms with E-state index in [1.807, 2.05) is 43.3 Å². The van der Waals surface area contributed by atoms with Gasteiger partial charge in [-0.25, -0.2) is 0 Å². The van der Waals surface area contributed by atoms with Crippen LogP contribution in [0.4, 0.5) is 0 Å². The van der Waals surface area contributed by atoms with Gasteiger partial charge in [0.05, 0.1) is 20.8 Å². The minimum atomic E-state index is -0.671. The highest BCUT2D eigenvalue weighted by Gasteiger charge is 2.20. The van der Waals surface area contributed by atoms with E-state index in [2.05, 4.69) is 15.5 Å². The summed E-state index contributed by atoms with van der Waals surface area (Å²) in [5.74, 6) is 2.29. The zero-order valence-corrected chi connectivity index (χ0v) is 16.5. The third-order valence-corrected chi connectivity index (χ3v) is 4.23. The molecule has 0 spiro atoms. The zero-order chi connectivity index (χ0) is 20.6. The molecule has 1 amide bonds. The summed E-state index contributed by atoms with van der Waals surface area (Å²) in [4.78, 5) is 16.8. The van der Waals surface area contributed by atoms with Gasteiger partial charge in [0.15, 0.2) is 17.6 Å². The van der Waals surface area contributed by atoms with Crippen molar-refractivity contribution in [3.05, 3.63) is 54.4 Å². The quantitative estimate of drug-likeness (QED) is 0.592. The van der Waals surface area contributed by atoms with Crippen LogP contribution in [0.25, 0.3) is 11.4 Å². The van der Waals surface area contributed by atoms with Gasteiger partial charge in [0.2, 0.25) is 11.7 Å². The van der Waals surface area contributed by atoms with E-state index in [1.54, 1.807) is 26.4 Å². The number of nitrogens with one attached hydrogen (secondary N) is 1. The molecule has 0 aliphatic carbocycles. The first-order chi connectivity index (χ1) is 14.1. The van der Waals surface area contributed by atoms with E-state index in [1.165, 1.54) is 0 Å². The molecule has 0 aliphatic heterocycles. The lowest BCUT2D eigenvalue weighted by Crippen LogP contribution is -2.37. The second-order valence-corrected chi connectivity index (χ2v) is 6.12. The van der Waals surface area contributed by atoms with Crippen LogP contribution in [0, 0.1) is 0 Å².